The van der Waals surface area contributed by atoms with E-state index in [4.69, 9.17) is 0 Å². The number of carbonyl (C=O) groups excluding carboxylic acids is 1. The van der Waals surface area contributed by atoms with Crippen LogP contribution in [-0.2, 0) is 0 Å². The van der Waals surface area contributed by atoms with E-state index in [9.17, 15) is 18.4 Å². The Morgan fingerprint density at radius 3 is 2.70 bits per heavy atom. The predicted molar refractivity (Wildman–Crippen MR) is 125 cm³/mol. The fourth-order valence-corrected chi connectivity index (χ4v) is 6.19. The molecule has 5 nitrogen and oxygen atoms in total. The molecule has 1 aliphatic carbocycles. The van der Waals surface area contributed by atoms with Crippen molar-refractivity contribution in [2.45, 2.75) is 37.8 Å². The van der Waals surface area contributed by atoms with E-state index in [-0.39, 0.29) is 47.5 Å². The molecule has 0 radical (unpaired) electrons. The van der Waals surface area contributed by atoms with Gasteiger partial charge in [0.2, 0.25) is 0 Å². The molecule has 3 aliphatic rings. The standard InChI is InChI=1S/C25H25F2N3O2S/c1-14(2)28-13-30(29-9-8-21(31)15(3)23(29)25(28)32)24-19-10-17(26)5-4-16(19)12-33-22-7-6-18(27)11-20(22)24/h4-11,14,16,19,24H,12-13H2,1-3H3. The average Bonchev–Trinajstić information content (AvgIpc) is 2.92. The number of amides is 1. The summed E-state index contributed by atoms with van der Waals surface area (Å²) < 4.78 is 30.7. The molecule has 1 amide bonds. The normalized spacial score (nSPS) is 24.2. The van der Waals surface area contributed by atoms with Crippen molar-refractivity contribution in [3.8, 4) is 0 Å². The Kier molecular flexibility index (Phi) is 5.43. The number of rotatable bonds is 2. The second-order valence-electron chi connectivity index (χ2n) is 9.04. The third-order valence-electron chi connectivity index (χ3n) is 6.74. The first kappa shape index (κ1) is 21.9. The van der Waals surface area contributed by atoms with Crippen molar-refractivity contribution in [1.29, 1.82) is 0 Å². The molecule has 172 valence electrons. The molecule has 2 aromatic rings. The van der Waals surface area contributed by atoms with Gasteiger partial charge in [0.1, 0.15) is 24.0 Å². The molecule has 1 aromatic carbocycles. The summed E-state index contributed by atoms with van der Waals surface area (Å²) in [5, 5.41) is 1.98. The topological polar surface area (TPSA) is 45.6 Å². The Labute approximate surface area is 195 Å². The fraction of sp³-hybridized carbons (Fsp3) is 0.360. The lowest BCUT2D eigenvalue weighted by atomic mass is 9.80. The van der Waals surface area contributed by atoms with Gasteiger partial charge in [-0.1, -0.05) is 6.08 Å². The van der Waals surface area contributed by atoms with Crippen LogP contribution in [-0.4, -0.2) is 33.9 Å². The van der Waals surface area contributed by atoms with Crippen LogP contribution in [0.3, 0.4) is 0 Å². The highest BCUT2D eigenvalue weighted by atomic mass is 32.2. The molecule has 0 N–H and O–H groups in total. The SMILES string of the molecule is Cc1c2n(ccc1=O)N(C1c3cc(F)ccc3SCC3C=CC(F)=CC31)CN(C(C)C)C2=O. The first-order valence-corrected chi connectivity index (χ1v) is 12.0. The van der Waals surface area contributed by atoms with Crippen molar-refractivity contribution < 1.29 is 13.6 Å². The Balaban J connectivity index is 1.77. The van der Waals surface area contributed by atoms with Crippen molar-refractivity contribution in [3.05, 3.63) is 87.4 Å². The number of hydrogen-bond donors (Lipinski definition) is 0. The maximum Gasteiger partial charge on any atom is 0.274 e. The summed E-state index contributed by atoms with van der Waals surface area (Å²) in [6.07, 6.45) is 6.59. The first-order chi connectivity index (χ1) is 15.8. The Morgan fingerprint density at radius 1 is 1.15 bits per heavy atom. The van der Waals surface area contributed by atoms with E-state index in [0.717, 1.165) is 16.2 Å². The predicted octanol–water partition coefficient (Wildman–Crippen LogP) is 4.56. The monoisotopic (exact) mass is 469 g/mol. The van der Waals surface area contributed by atoms with Gasteiger partial charge in [-0.2, -0.15) is 0 Å². The Hall–Kier alpha value is -2.87. The number of nitrogens with zero attached hydrogens (tertiary/aromatic N) is 3. The lowest BCUT2D eigenvalue weighted by Gasteiger charge is -2.48. The van der Waals surface area contributed by atoms with Crippen LogP contribution in [0.5, 0.6) is 0 Å². The van der Waals surface area contributed by atoms with Crippen LogP contribution in [0, 0.1) is 24.6 Å². The van der Waals surface area contributed by atoms with Gasteiger partial charge in [0.05, 0.1) is 6.04 Å². The number of thioether (sulfide) groups is 1. The first-order valence-electron chi connectivity index (χ1n) is 11.0. The van der Waals surface area contributed by atoms with E-state index in [1.165, 1.54) is 24.3 Å². The molecule has 3 atom stereocenters. The highest BCUT2D eigenvalue weighted by Gasteiger charge is 2.43. The van der Waals surface area contributed by atoms with Gasteiger partial charge >= 0.3 is 0 Å². The van der Waals surface area contributed by atoms with Gasteiger partial charge in [0, 0.05) is 40.4 Å². The minimum absolute atomic E-state index is 0.0315. The number of aromatic nitrogens is 1. The van der Waals surface area contributed by atoms with E-state index >= 15 is 0 Å². The van der Waals surface area contributed by atoms with Crippen LogP contribution in [0.2, 0.25) is 0 Å². The number of benzene rings is 1. The minimum Gasteiger partial charge on any atom is -0.316 e. The fourth-order valence-electron chi connectivity index (χ4n) is 4.98. The van der Waals surface area contributed by atoms with E-state index in [1.54, 1.807) is 46.6 Å². The van der Waals surface area contributed by atoms with Crippen LogP contribution in [0.4, 0.5) is 8.78 Å². The maximum absolute atomic E-state index is 14.5. The largest absolute Gasteiger partial charge is 0.316 e. The van der Waals surface area contributed by atoms with E-state index in [1.807, 2.05) is 24.9 Å². The van der Waals surface area contributed by atoms with Gasteiger partial charge in [0.25, 0.3) is 5.91 Å². The Bertz CT molecular complexity index is 1250. The molecule has 33 heavy (non-hydrogen) atoms. The zero-order chi connectivity index (χ0) is 23.4. The third-order valence-corrected chi connectivity index (χ3v) is 7.97. The molecule has 5 rings (SSSR count). The van der Waals surface area contributed by atoms with Gasteiger partial charge < -0.3 is 4.90 Å². The number of allylic oxidation sites excluding steroid dienone is 3. The summed E-state index contributed by atoms with van der Waals surface area (Å²) in [6.45, 7) is 5.73. The minimum atomic E-state index is -0.443. The average molecular weight is 470 g/mol. The number of pyridine rings is 1. The van der Waals surface area contributed by atoms with E-state index in [0.29, 0.717) is 11.3 Å². The molecular weight excluding hydrogens is 444 g/mol. The molecule has 0 spiro atoms. The van der Waals surface area contributed by atoms with Crippen molar-refractivity contribution in [2.75, 3.05) is 17.4 Å². The molecule has 1 aromatic heterocycles. The van der Waals surface area contributed by atoms with E-state index in [2.05, 4.69) is 0 Å². The summed E-state index contributed by atoms with van der Waals surface area (Å²) in [5.41, 5.74) is 1.20. The second-order valence-corrected chi connectivity index (χ2v) is 10.1. The highest BCUT2D eigenvalue weighted by molar-refractivity contribution is 7.99. The third kappa shape index (κ3) is 3.60. The molecule has 0 fully saturated rings. The molecule has 0 saturated carbocycles. The lowest BCUT2D eigenvalue weighted by Crippen LogP contribution is -2.58. The smallest absolute Gasteiger partial charge is 0.274 e. The zero-order valence-electron chi connectivity index (χ0n) is 18.7. The summed E-state index contributed by atoms with van der Waals surface area (Å²) in [4.78, 5) is 28.4. The number of hydrogen-bond acceptors (Lipinski definition) is 4. The highest BCUT2D eigenvalue weighted by Crippen LogP contribution is 2.47. The lowest BCUT2D eigenvalue weighted by molar-refractivity contribution is 0.0609. The van der Waals surface area contributed by atoms with Crippen LogP contribution in [0.25, 0.3) is 0 Å². The van der Waals surface area contributed by atoms with Crippen LogP contribution in [0.1, 0.15) is 41.5 Å². The maximum atomic E-state index is 14.5. The van der Waals surface area contributed by atoms with Crippen molar-refractivity contribution in [3.63, 3.8) is 0 Å². The van der Waals surface area contributed by atoms with Crippen molar-refractivity contribution >= 4 is 17.7 Å². The summed E-state index contributed by atoms with van der Waals surface area (Å²) >= 11 is 1.63. The number of halogens is 2. The quantitative estimate of drug-likeness (QED) is 0.647. The van der Waals surface area contributed by atoms with Crippen LogP contribution in [0.15, 0.2) is 64.2 Å². The van der Waals surface area contributed by atoms with E-state index < -0.39 is 6.04 Å². The van der Waals surface area contributed by atoms with Gasteiger partial charge in [-0.15, -0.1) is 11.8 Å². The molecule has 0 saturated heterocycles. The molecule has 0 bridgehead atoms. The zero-order valence-corrected chi connectivity index (χ0v) is 19.5. The van der Waals surface area contributed by atoms with Crippen molar-refractivity contribution in [2.24, 2.45) is 11.8 Å². The molecule has 2 aliphatic heterocycles. The van der Waals surface area contributed by atoms with Gasteiger partial charge in [-0.25, -0.2) is 8.78 Å². The summed E-state index contributed by atoms with van der Waals surface area (Å²) in [6, 6.07) is 5.61. The molecular formula is C25H25F2N3O2S. The van der Waals surface area contributed by atoms with Crippen LogP contribution < -0.4 is 10.4 Å². The molecule has 3 unspecified atom stereocenters. The van der Waals surface area contributed by atoms with Crippen LogP contribution >= 0.6 is 11.8 Å². The number of carbonyl (C=O) groups is 1. The number of fused-ring (bicyclic) bond motifs is 3. The van der Waals surface area contributed by atoms with Gasteiger partial charge in [-0.3, -0.25) is 19.3 Å². The summed E-state index contributed by atoms with van der Waals surface area (Å²) in [5.74, 6) is -0.420. The second kappa shape index (κ2) is 8.17. The van der Waals surface area contributed by atoms with Crippen molar-refractivity contribution in [1.82, 2.24) is 9.58 Å². The van der Waals surface area contributed by atoms with Gasteiger partial charge in [-0.05, 0) is 62.6 Å². The van der Waals surface area contributed by atoms with Gasteiger partial charge in [0.15, 0.2) is 5.43 Å². The summed E-state index contributed by atoms with van der Waals surface area (Å²) in [7, 11) is 0. The molecule has 3 heterocycles. The Morgan fingerprint density at radius 2 is 1.94 bits per heavy atom. The molecule has 8 heteroatoms.